The van der Waals surface area contributed by atoms with E-state index < -0.39 is 5.97 Å². The zero-order valence-electron chi connectivity index (χ0n) is 8.25. The molecule has 3 nitrogen and oxygen atoms in total. The van der Waals surface area contributed by atoms with Gasteiger partial charge in [-0.05, 0) is 52.3 Å². The van der Waals surface area contributed by atoms with Crippen molar-refractivity contribution in [2.45, 2.75) is 19.8 Å². The summed E-state index contributed by atoms with van der Waals surface area (Å²) >= 11 is 2.13. The van der Waals surface area contributed by atoms with Crippen LogP contribution in [0.4, 0.5) is 0 Å². The average molecular weight is 315 g/mol. The van der Waals surface area contributed by atoms with Crippen molar-refractivity contribution in [3.8, 4) is 6.07 Å². The molecular weight excluding hydrogens is 305 g/mol. The molecule has 4 heteroatoms. The van der Waals surface area contributed by atoms with Gasteiger partial charge in [-0.1, -0.05) is 6.92 Å². The van der Waals surface area contributed by atoms with E-state index in [1.54, 1.807) is 6.07 Å². The van der Waals surface area contributed by atoms with Gasteiger partial charge in [0.25, 0.3) is 0 Å². The highest BCUT2D eigenvalue weighted by molar-refractivity contribution is 14.1. The second-order valence-electron chi connectivity index (χ2n) is 3.13. The molecule has 0 saturated carbocycles. The highest BCUT2D eigenvalue weighted by atomic mass is 127. The van der Waals surface area contributed by atoms with E-state index in [9.17, 15) is 4.79 Å². The van der Waals surface area contributed by atoms with Gasteiger partial charge in [-0.2, -0.15) is 5.26 Å². The molecule has 15 heavy (non-hydrogen) atoms. The summed E-state index contributed by atoms with van der Waals surface area (Å²) in [6.45, 7) is 1.96. The highest BCUT2D eigenvalue weighted by Gasteiger charge is 2.11. The van der Waals surface area contributed by atoms with E-state index in [4.69, 9.17) is 10.4 Å². The molecule has 1 aromatic rings. The molecule has 0 saturated heterocycles. The van der Waals surface area contributed by atoms with E-state index in [1.165, 1.54) is 0 Å². The average Bonchev–Trinajstić information content (AvgIpc) is 2.15. The smallest absolute Gasteiger partial charge is 0.307 e. The summed E-state index contributed by atoms with van der Waals surface area (Å²) in [5, 5.41) is 17.7. The molecule has 0 aliphatic carbocycles. The molecular formula is C11H10INO2. The molecule has 0 radical (unpaired) electrons. The Morgan fingerprint density at radius 2 is 2.13 bits per heavy atom. The third-order valence-electron chi connectivity index (χ3n) is 2.10. The number of hydrogen-bond donors (Lipinski definition) is 1. The fraction of sp³-hybridized carbons (Fsp3) is 0.273. The molecule has 1 aromatic carbocycles. The van der Waals surface area contributed by atoms with Crippen LogP contribution < -0.4 is 0 Å². The van der Waals surface area contributed by atoms with Gasteiger partial charge in [0, 0.05) is 3.57 Å². The summed E-state index contributed by atoms with van der Waals surface area (Å²) in [5.41, 5.74) is 2.04. The normalized spacial score (nSPS) is 9.67. The maximum absolute atomic E-state index is 10.6. The maximum Gasteiger partial charge on any atom is 0.307 e. The van der Waals surface area contributed by atoms with Crippen LogP contribution >= 0.6 is 22.6 Å². The van der Waals surface area contributed by atoms with E-state index in [1.807, 2.05) is 13.0 Å². The lowest BCUT2D eigenvalue weighted by Crippen LogP contribution is -2.05. The molecule has 0 atom stereocenters. The number of aryl methyl sites for hydroxylation is 1. The lowest BCUT2D eigenvalue weighted by molar-refractivity contribution is -0.136. The molecule has 0 unspecified atom stereocenters. The van der Waals surface area contributed by atoms with E-state index in [0.29, 0.717) is 11.1 Å². The molecule has 0 aromatic heterocycles. The molecule has 0 aliphatic heterocycles. The second-order valence-corrected chi connectivity index (χ2v) is 4.38. The third-order valence-corrected chi connectivity index (χ3v) is 2.72. The summed E-state index contributed by atoms with van der Waals surface area (Å²) in [5.74, 6) is -0.907. The molecule has 0 bridgehead atoms. The molecule has 1 rings (SSSR count). The van der Waals surface area contributed by atoms with Gasteiger partial charge in [0.05, 0.1) is 18.1 Å². The fourth-order valence-corrected chi connectivity index (χ4v) is 2.20. The first-order valence-electron chi connectivity index (χ1n) is 4.51. The van der Waals surface area contributed by atoms with Crippen molar-refractivity contribution in [3.05, 3.63) is 32.4 Å². The van der Waals surface area contributed by atoms with Crippen LogP contribution in [0.2, 0.25) is 0 Å². The van der Waals surface area contributed by atoms with Gasteiger partial charge >= 0.3 is 5.97 Å². The van der Waals surface area contributed by atoms with Crippen molar-refractivity contribution in [1.82, 2.24) is 0 Å². The predicted octanol–water partition coefficient (Wildman–Crippen LogP) is 2.35. The van der Waals surface area contributed by atoms with Crippen molar-refractivity contribution in [1.29, 1.82) is 5.26 Å². The zero-order valence-corrected chi connectivity index (χ0v) is 10.4. The van der Waals surface area contributed by atoms with Crippen LogP contribution in [0.1, 0.15) is 23.6 Å². The maximum atomic E-state index is 10.6. The third kappa shape index (κ3) is 2.93. The molecule has 0 spiro atoms. The van der Waals surface area contributed by atoms with Crippen LogP contribution in [-0.2, 0) is 17.6 Å². The quantitative estimate of drug-likeness (QED) is 0.871. The Kier molecular flexibility index (Phi) is 4.09. The van der Waals surface area contributed by atoms with Crippen molar-refractivity contribution >= 4 is 28.6 Å². The van der Waals surface area contributed by atoms with Gasteiger partial charge < -0.3 is 5.11 Å². The number of carboxylic acid groups (broad SMARTS) is 1. The summed E-state index contributed by atoms with van der Waals surface area (Å²) in [6, 6.07) is 5.76. The first-order chi connectivity index (χ1) is 7.08. The standard InChI is InChI=1S/C11H10INO2/c1-2-7-3-9(12)4-8(5-11(14)15)10(7)6-13/h3-4H,2,5H2,1H3,(H,14,15). The van der Waals surface area contributed by atoms with Crippen LogP contribution in [0.15, 0.2) is 12.1 Å². The predicted molar refractivity (Wildman–Crippen MR) is 64.6 cm³/mol. The Bertz CT molecular complexity index is 435. The molecule has 78 valence electrons. The SMILES string of the molecule is CCc1cc(I)cc(CC(=O)O)c1C#N. The van der Waals surface area contributed by atoms with Crippen LogP contribution in [0, 0.1) is 14.9 Å². The molecule has 0 amide bonds. The molecule has 0 heterocycles. The van der Waals surface area contributed by atoms with Gasteiger partial charge in [-0.25, -0.2) is 0 Å². The van der Waals surface area contributed by atoms with Gasteiger partial charge in [0.1, 0.15) is 0 Å². The van der Waals surface area contributed by atoms with Crippen LogP contribution in [-0.4, -0.2) is 11.1 Å². The lowest BCUT2D eigenvalue weighted by atomic mass is 9.98. The number of nitriles is 1. The second kappa shape index (κ2) is 5.12. The van der Waals surface area contributed by atoms with Crippen molar-refractivity contribution in [3.63, 3.8) is 0 Å². The monoisotopic (exact) mass is 315 g/mol. The Hall–Kier alpha value is -1.09. The van der Waals surface area contributed by atoms with E-state index in [0.717, 1.165) is 15.6 Å². The highest BCUT2D eigenvalue weighted by Crippen LogP contribution is 2.19. The Morgan fingerprint density at radius 3 is 2.60 bits per heavy atom. The van der Waals surface area contributed by atoms with Gasteiger partial charge in [0.2, 0.25) is 0 Å². The van der Waals surface area contributed by atoms with Crippen molar-refractivity contribution in [2.24, 2.45) is 0 Å². The topological polar surface area (TPSA) is 61.1 Å². The summed E-state index contributed by atoms with van der Waals surface area (Å²) in [6.07, 6.45) is 0.652. The van der Waals surface area contributed by atoms with Crippen LogP contribution in [0.25, 0.3) is 0 Å². The summed E-state index contributed by atoms with van der Waals surface area (Å²) < 4.78 is 0.972. The van der Waals surface area contributed by atoms with Gasteiger partial charge in [0.15, 0.2) is 0 Å². The van der Waals surface area contributed by atoms with Gasteiger partial charge in [-0.3, -0.25) is 4.79 Å². The first kappa shape index (κ1) is 12.0. The number of rotatable bonds is 3. The largest absolute Gasteiger partial charge is 0.481 e. The minimum Gasteiger partial charge on any atom is -0.481 e. The van der Waals surface area contributed by atoms with Gasteiger partial charge in [-0.15, -0.1) is 0 Å². The zero-order chi connectivity index (χ0) is 11.4. The number of aliphatic carboxylic acids is 1. The minimum atomic E-state index is -0.907. The number of hydrogen-bond acceptors (Lipinski definition) is 2. The number of nitrogens with zero attached hydrogens (tertiary/aromatic N) is 1. The Labute approximate surface area is 102 Å². The number of carbonyl (C=O) groups is 1. The molecule has 0 fully saturated rings. The first-order valence-corrected chi connectivity index (χ1v) is 5.59. The molecule has 0 aliphatic rings. The summed E-state index contributed by atoms with van der Waals surface area (Å²) in [7, 11) is 0. The Balaban J connectivity index is 3.30. The Morgan fingerprint density at radius 1 is 1.53 bits per heavy atom. The lowest BCUT2D eigenvalue weighted by Gasteiger charge is -2.07. The van der Waals surface area contributed by atoms with Crippen molar-refractivity contribution < 1.29 is 9.90 Å². The fourth-order valence-electron chi connectivity index (χ4n) is 1.45. The van der Waals surface area contributed by atoms with E-state index >= 15 is 0 Å². The number of carboxylic acids is 1. The number of benzene rings is 1. The van der Waals surface area contributed by atoms with E-state index in [-0.39, 0.29) is 6.42 Å². The summed E-state index contributed by atoms with van der Waals surface area (Å²) in [4.78, 5) is 10.6. The number of halogens is 1. The molecule has 1 N–H and O–H groups in total. The van der Waals surface area contributed by atoms with E-state index in [2.05, 4.69) is 28.7 Å². The van der Waals surface area contributed by atoms with Crippen LogP contribution in [0.3, 0.4) is 0 Å². The van der Waals surface area contributed by atoms with Crippen molar-refractivity contribution in [2.75, 3.05) is 0 Å². The minimum absolute atomic E-state index is 0.0905. The van der Waals surface area contributed by atoms with Crippen LogP contribution in [0.5, 0.6) is 0 Å².